The van der Waals surface area contributed by atoms with Gasteiger partial charge in [0.1, 0.15) is 0 Å². The summed E-state index contributed by atoms with van der Waals surface area (Å²) in [6, 6.07) is 13.9. The molecule has 2 rings (SSSR count). The molecule has 0 aliphatic carbocycles. The second kappa shape index (κ2) is 7.02. The van der Waals surface area contributed by atoms with Crippen molar-refractivity contribution in [1.82, 2.24) is 5.32 Å². The lowest BCUT2D eigenvalue weighted by Gasteiger charge is -2.17. The van der Waals surface area contributed by atoms with E-state index in [9.17, 15) is 8.42 Å². The van der Waals surface area contributed by atoms with Crippen molar-refractivity contribution in [3.05, 3.63) is 48.0 Å². The van der Waals surface area contributed by atoms with Crippen LogP contribution in [0.3, 0.4) is 0 Å². The number of ether oxygens (including phenoxy) is 1. The first-order chi connectivity index (χ1) is 10.1. The summed E-state index contributed by atoms with van der Waals surface area (Å²) in [5.41, 5.74) is 0.984. The van der Waals surface area contributed by atoms with Crippen LogP contribution in [-0.2, 0) is 14.6 Å². The van der Waals surface area contributed by atoms with Crippen molar-refractivity contribution < 1.29 is 13.2 Å². The Morgan fingerprint density at radius 1 is 1.14 bits per heavy atom. The molecule has 0 amide bonds. The average molecular weight is 307 g/mol. The molecule has 21 heavy (non-hydrogen) atoms. The Bertz CT molecular complexity index is 697. The van der Waals surface area contributed by atoms with E-state index in [2.05, 4.69) is 5.32 Å². The van der Waals surface area contributed by atoms with E-state index in [1.165, 1.54) is 7.11 Å². The number of sulfone groups is 1. The van der Waals surface area contributed by atoms with E-state index in [0.717, 1.165) is 16.3 Å². The van der Waals surface area contributed by atoms with Crippen molar-refractivity contribution in [2.45, 2.75) is 6.04 Å². The normalized spacial score (nSPS) is 13.4. The SMILES string of the molecule is CNC(CS(=O)(=O)CCOC)c1ccc2ccccc2c1. The highest BCUT2D eigenvalue weighted by atomic mass is 32.2. The molecule has 0 saturated heterocycles. The first-order valence-corrected chi connectivity index (χ1v) is 8.73. The van der Waals surface area contributed by atoms with Crippen LogP contribution < -0.4 is 5.32 Å². The van der Waals surface area contributed by atoms with Crippen LogP contribution in [0.5, 0.6) is 0 Å². The molecule has 0 bridgehead atoms. The van der Waals surface area contributed by atoms with Crippen molar-refractivity contribution in [2.24, 2.45) is 0 Å². The third-order valence-corrected chi connectivity index (χ3v) is 5.17. The maximum atomic E-state index is 12.1. The van der Waals surface area contributed by atoms with Crippen LogP contribution in [-0.4, -0.2) is 40.7 Å². The zero-order valence-electron chi connectivity index (χ0n) is 12.4. The summed E-state index contributed by atoms with van der Waals surface area (Å²) >= 11 is 0. The lowest BCUT2D eigenvalue weighted by Crippen LogP contribution is -2.27. The lowest BCUT2D eigenvalue weighted by atomic mass is 10.0. The highest BCUT2D eigenvalue weighted by molar-refractivity contribution is 7.91. The Balaban J connectivity index is 2.23. The van der Waals surface area contributed by atoms with Crippen molar-refractivity contribution in [1.29, 1.82) is 0 Å². The largest absolute Gasteiger partial charge is 0.384 e. The van der Waals surface area contributed by atoms with E-state index < -0.39 is 9.84 Å². The third kappa shape index (κ3) is 4.27. The van der Waals surface area contributed by atoms with Crippen molar-refractivity contribution >= 4 is 20.6 Å². The fraction of sp³-hybridized carbons (Fsp3) is 0.375. The highest BCUT2D eigenvalue weighted by Crippen LogP contribution is 2.21. The Hall–Kier alpha value is -1.43. The zero-order chi connectivity index (χ0) is 15.3. The molecule has 0 heterocycles. The summed E-state index contributed by atoms with van der Waals surface area (Å²) < 4.78 is 29.0. The average Bonchev–Trinajstić information content (AvgIpc) is 2.50. The van der Waals surface area contributed by atoms with Crippen molar-refractivity contribution in [3.63, 3.8) is 0 Å². The molecule has 1 N–H and O–H groups in total. The first-order valence-electron chi connectivity index (χ1n) is 6.91. The molecule has 5 heteroatoms. The predicted octanol–water partition coefficient (Wildman–Crippen LogP) is 2.16. The number of hydrogen-bond acceptors (Lipinski definition) is 4. The Morgan fingerprint density at radius 2 is 1.86 bits per heavy atom. The lowest BCUT2D eigenvalue weighted by molar-refractivity contribution is 0.217. The Morgan fingerprint density at radius 3 is 2.52 bits per heavy atom. The van der Waals surface area contributed by atoms with E-state index >= 15 is 0 Å². The number of nitrogens with one attached hydrogen (secondary N) is 1. The maximum absolute atomic E-state index is 12.1. The number of rotatable bonds is 7. The summed E-state index contributed by atoms with van der Waals surface area (Å²) in [7, 11) is 0.148. The van der Waals surface area contributed by atoms with Gasteiger partial charge in [0, 0.05) is 13.2 Å². The van der Waals surface area contributed by atoms with Crippen LogP contribution in [0.15, 0.2) is 42.5 Å². The van der Waals surface area contributed by atoms with Gasteiger partial charge in [-0.15, -0.1) is 0 Å². The van der Waals surface area contributed by atoms with Gasteiger partial charge in [-0.1, -0.05) is 36.4 Å². The molecular formula is C16H21NO3S. The monoisotopic (exact) mass is 307 g/mol. The summed E-state index contributed by atoms with van der Waals surface area (Å²) in [6.07, 6.45) is 0. The first kappa shape index (κ1) is 15.9. The molecule has 0 radical (unpaired) electrons. The summed E-state index contributed by atoms with van der Waals surface area (Å²) in [5.74, 6) is 0.125. The van der Waals surface area contributed by atoms with Gasteiger partial charge in [-0.05, 0) is 29.4 Å². The zero-order valence-corrected chi connectivity index (χ0v) is 13.2. The van der Waals surface area contributed by atoms with Gasteiger partial charge < -0.3 is 10.1 Å². The summed E-state index contributed by atoms with van der Waals surface area (Å²) in [6.45, 7) is 0.233. The summed E-state index contributed by atoms with van der Waals surface area (Å²) in [4.78, 5) is 0. The number of hydrogen-bond donors (Lipinski definition) is 1. The van der Waals surface area contributed by atoms with Gasteiger partial charge in [0.2, 0.25) is 0 Å². The minimum Gasteiger partial charge on any atom is -0.384 e. The highest BCUT2D eigenvalue weighted by Gasteiger charge is 2.19. The predicted molar refractivity (Wildman–Crippen MR) is 86.3 cm³/mol. The van der Waals surface area contributed by atoms with E-state index in [0.29, 0.717) is 0 Å². The quantitative estimate of drug-likeness (QED) is 0.851. The fourth-order valence-electron chi connectivity index (χ4n) is 2.32. The molecule has 0 saturated carbocycles. The Labute approximate surface area is 126 Å². The van der Waals surface area contributed by atoms with Gasteiger partial charge in [0.05, 0.1) is 18.1 Å². The maximum Gasteiger partial charge on any atom is 0.154 e. The fourth-order valence-corrected chi connectivity index (χ4v) is 3.77. The van der Waals surface area contributed by atoms with Crippen LogP contribution in [0.4, 0.5) is 0 Å². The summed E-state index contributed by atoms with van der Waals surface area (Å²) in [5, 5.41) is 5.36. The smallest absolute Gasteiger partial charge is 0.154 e. The Kier molecular flexibility index (Phi) is 5.33. The van der Waals surface area contributed by atoms with E-state index in [-0.39, 0.29) is 24.2 Å². The molecule has 0 aromatic heterocycles. The number of methoxy groups -OCH3 is 1. The van der Waals surface area contributed by atoms with Crippen LogP contribution in [0.25, 0.3) is 10.8 Å². The molecular weight excluding hydrogens is 286 g/mol. The molecule has 0 aliphatic rings. The van der Waals surface area contributed by atoms with Crippen molar-refractivity contribution in [3.8, 4) is 0 Å². The molecule has 1 atom stereocenters. The number of benzene rings is 2. The third-order valence-electron chi connectivity index (χ3n) is 3.54. The molecule has 2 aromatic rings. The van der Waals surface area contributed by atoms with Crippen LogP contribution in [0.1, 0.15) is 11.6 Å². The van der Waals surface area contributed by atoms with Gasteiger partial charge >= 0.3 is 0 Å². The molecule has 2 aromatic carbocycles. The molecule has 1 unspecified atom stereocenters. The van der Waals surface area contributed by atoms with Crippen molar-refractivity contribution in [2.75, 3.05) is 32.3 Å². The van der Waals surface area contributed by atoms with Crippen LogP contribution in [0.2, 0.25) is 0 Å². The van der Waals surface area contributed by atoms with Gasteiger partial charge in [-0.25, -0.2) is 8.42 Å². The molecule has 4 nitrogen and oxygen atoms in total. The topological polar surface area (TPSA) is 55.4 Å². The molecule has 114 valence electrons. The van der Waals surface area contributed by atoms with Gasteiger partial charge in [-0.3, -0.25) is 0 Å². The van der Waals surface area contributed by atoms with Gasteiger partial charge in [0.25, 0.3) is 0 Å². The molecule has 0 aliphatic heterocycles. The molecule has 0 fully saturated rings. The number of fused-ring (bicyclic) bond motifs is 1. The minimum atomic E-state index is -3.14. The van der Waals surface area contributed by atoms with Crippen LogP contribution in [0, 0.1) is 0 Å². The van der Waals surface area contributed by atoms with Gasteiger partial charge in [-0.2, -0.15) is 0 Å². The van der Waals surface area contributed by atoms with Crippen LogP contribution >= 0.6 is 0 Å². The van der Waals surface area contributed by atoms with E-state index in [1.807, 2.05) is 42.5 Å². The second-order valence-corrected chi connectivity index (χ2v) is 7.28. The standard InChI is InChI=1S/C16H21NO3S/c1-17-16(12-21(18,19)10-9-20-2)15-8-7-13-5-3-4-6-14(13)11-15/h3-8,11,16-17H,9-10,12H2,1-2H3. The second-order valence-electron chi connectivity index (χ2n) is 5.06. The van der Waals surface area contributed by atoms with Gasteiger partial charge in [0.15, 0.2) is 9.84 Å². The molecule has 0 spiro atoms. The minimum absolute atomic E-state index is 0.0509. The van der Waals surface area contributed by atoms with E-state index in [4.69, 9.17) is 4.74 Å². The van der Waals surface area contributed by atoms with E-state index in [1.54, 1.807) is 7.05 Å².